The Morgan fingerprint density at radius 3 is 2.76 bits per heavy atom. The van der Waals surface area contributed by atoms with E-state index in [1.54, 1.807) is 35.5 Å². The molecular formula is C22H19ClFN3O2. The molecule has 2 aromatic carbocycles. The minimum Gasteiger partial charge on any atom is -0.368 e. The number of benzene rings is 2. The maximum absolute atomic E-state index is 13.1. The van der Waals surface area contributed by atoms with Gasteiger partial charge in [0, 0.05) is 29.5 Å². The largest absolute Gasteiger partial charge is 0.368 e. The molecule has 1 atom stereocenters. The lowest BCUT2D eigenvalue weighted by Crippen LogP contribution is -2.43. The number of nitrogens with zero attached hydrogens (tertiary/aromatic N) is 3. The molecule has 0 N–H and O–H groups in total. The minimum absolute atomic E-state index is 0.0295. The molecule has 1 saturated heterocycles. The molecule has 2 heterocycles. The number of halogens is 2. The average Bonchev–Trinajstić information content (AvgIpc) is 2.75. The Hall–Kier alpha value is -2.83. The molecule has 7 heteroatoms. The number of rotatable bonds is 4. The van der Waals surface area contributed by atoms with Gasteiger partial charge in [-0.3, -0.25) is 14.8 Å². The number of ether oxygens (including phenoxy) is 1. The predicted octanol–water partition coefficient (Wildman–Crippen LogP) is 4.08. The van der Waals surface area contributed by atoms with E-state index in [4.69, 9.17) is 16.3 Å². The summed E-state index contributed by atoms with van der Waals surface area (Å²) in [5.41, 5.74) is 2.99. The second-order valence-electron chi connectivity index (χ2n) is 6.80. The van der Waals surface area contributed by atoms with E-state index in [1.165, 1.54) is 12.1 Å². The van der Waals surface area contributed by atoms with Crippen LogP contribution in [-0.4, -0.2) is 40.5 Å². The molecule has 0 radical (unpaired) electrons. The molecule has 0 bridgehead atoms. The Morgan fingerprint density at radius 2 is 1.97 bits per heavy atom. The van der Waals surface area contributed by atoms with Crippen molar-refractivity contribution >= 4 is 17.5 Å². The van der Waals surface area contributed by atoms with Crippen molar-refractivity contribution in [3.8, 4) is 11.3 Å². The Balaban J connectivity index is 1.53. The standard InChI is InChI=1S/C22H19ClFN3O2/c23-17-3-1-2-16(13-17)21-22(26-9-8-25-21)19-14-27(10-11-29-19)20(28)12-15-4-6-18(24)7-5-15/h1-9,13,19H,10-12,14H2/t19-/m1/s1. The zero-order chi connectivity index (χ0) is 20.2. The van der Waals surface area contributed by atoms with Crippen molar-refractivity contribution in [2.24, 2.45) is 0 Å². The van der Waals surface area contributed by atoms with Crippen molar-refractivity contribution in [3.63, 3.8) is 0 Å². The quantitative estimate of drug-likeness (QED) is 0.649. The van der Waals surface area contributed by atoms with Crippen LogP contribution in [0.3, 0.4) is 0 Å². The first kappa shape index (κ1) is 19.5. The van der Waals surface area contributed by atoms with Crippen LogP contribution < -0.4 is 0 Å². The van der Waals surface area contributed by atoms with Crippen LogP contribution in [0.15, 0.2) is 60.9 Å². The summed E-state index contributed by atoms with van der Waals surface area (Å²) in [5.74, 6) is -0.345. The van der Waals surface area contributed by atoms with Crippen LogP contribution in [0.4, 0.5) is 4.39 Å². The van der Waals surface area contributed by atoms with Crippen molar-refractivity contribution in [2.45, 2.75) is 12.5 Å². The fourth-order valence-corrected chi connectivity index (χ4v) is 3.56. The molecule has 0 spiro atoms. The highest BCUT2D eigenvalue weighted by atomic mass is 35.5. The fourth-order valence-electron chi connectivity index (χ4n) is 3.37. The Morgan fingerprint density at radius 1 is 1.17 bits per heavy atom. The van der Waals surface area contributed by atoms with Gasteiger partial charge in [-0.1, -0.05) is 35.9 Å². The van der Waals surface area contributed by atoms with Gasteiger partial charge in [0.2, 0.25) is 5.91 Å². The van der Waals surface area contributed by atoms with Crippen molar-refractivity contribution in [2.75, 3.05) is 19.7 Å². The number of carbonyl (C=O) groups excluding carboxylic acids is 1. The van der Waals surface area contributed by atoms with E-state index in [1.807, 2.05) is 18.2 Å². The average molecular weight is 412 g/mol. The SMILES string of the molecule is O=C(Cc1ccc(F)cc1)N1CCO[C@@H](c2nccnc2-c2cccc(Cl)c2)C1. The molecule has 1 aromatic heterocycles. The molecule has 1 aliphatic rings. The summed E-state index contributed by atoms with van der Waals surface area (Å²) < 4.78 is 19.0. The molecular weight excluding hydrogens is 393 g/mol. The molecule has 0 saturated carbocycles. The first-order chi connectivity index (χ1) is 14.1. The molecule has 1 fully saturated rings. The molecule has 1 amide bonds. The Labute approximate surface area is 173 Å². The molecule has 0 unspecified atom stereocenters. The Kier molecular flexibility index (Phi) is 5.83. The molecule has 4 rings (SSSR count). The minimum atomic E-state index is -0.386. The van der Waals surface area contributed by atoms with E-state index in [2.05, 4.69) is 9.97 Å². The van der Waals surface area contributed by atoms with Crippen molar-refractivity contribution in [3.05, 3.63) is 83.0 Å². The third kappa shape index (κ3) is 4.60. The maximum Gasteiger partial charge on any atom is 0.227 e. The van der Waals surface area contributed by atoms with Crippen molar-refractivity contribution in [1.29, 1.82) is 0 Å². The molecule has 1 aliphatic heterocycles. The summed E-state index contributed by atoms with van der Waals surface area (Å²) in [6, 6.07) is 13.4. The topological polar surface area (TPSA) is 55.3 Å². The predicted molar refractivity (Wildman–Crippen MR) is 108 cm³/mol. The lowest BCUT2D eigenvalue weighted by molar-refractivity contribution is -0.138. The lowest BCUT2D eigenvalue weighted by atomic mass is 10.0. The van der Waals surface area contributed by atoms with Gasteiger partial charge in [0.25, 0.3) is 0 Å². The number of hydrogen-bond donors (Lipinski definition) is 0. The van der Waals surface area contributed by atoms with Crippen LogP contribution in [0.2, 0.25) is 5.02 Å². The Bertz CT molecular complexity index is 1010. The van der Waals surface area contributed by atoms with E-state index in [9.17, 15) is 9.18 Å². The second-order valence-corrected chi connectivity index (χ2v) is 7.24. The first-order valence-corrected chi connectivity index (χ1v) is 9.68. The normalized spacial score (nSPS) is 16.6. The number of carbonyl (C=O) groups is 1. The summed E-state index contributed by atoms with van der Waals surface area (Å²) in [6.07, 6.45) is 3.07. The highest BCUT2D eigenvalue weighted by Crippen LogP contribution is 2.30. The van der Waals surface area contributed by atoms with E-state index in [0.29, 0.717) is 36.1 Å². The van der Waals surface area contributed by atoms with Crippen LogP contribution in [0.25, 0.3) is 11.3 Å². The smallest absolute Gasteiger partial charge is 0.227 e. The number of aromatic nitrogens is 2. The summed E-state index contributed by atoms with van der Waals surface area (Å²) in [6.45, 7) is 1.29. The summed E-state index contributed by atoms with van der Waals surface area (Å²) >= 11 is 6.13. The van der Waals surface area contributed by atoms with Crippen LogP contribution in [0, 0.1) is 5.82 Å². The third-order valence-corrected chi connectivity index (χ3v) is 5.05. The summed E-state index contributed by atoms with van der Waals surface area (Å²) in [5, 5.41) is 0.611. The van der Waals surface area contributed by atoms with Gasteiger partial charge in [-0.25, -0.2) is 4.39 Å². The van der Waals surface area contributed by atoms with Gasteiger partial charge < -0.3 is 9.64 Å². The highest BCUT2D eigenvalue weighted by Gasteiger charge is 2.28. The number of morpholine rings is 1. The molecule has 29 heavy (non-hydrogen) atoms. The van der Waals surface area contributed by atoms with Gasteiger partial charge in [-0.05, 0) is 29.8 Å². The maximum atomic E-state index is 13.1. The van der Waals surface area contributed by atoms with E-state index in [-0.39, 0.29) is 24.2 Å². The van der Waals surface area contributed by atoms with Gasteiger partial charge in [-0.15, -0.1) is 0 Å². The zero-order valence-electron chi connectivity index (χ0n) is 15.6. The van der Waals surface area contributed by atoms with Crippen LogP contribution >= 0.6 is 11.6 Å². The van der Waals surface area contributed by atoms with Gasteiger partial charge in [0.15, 0.2) is 0 Å². The highest BCUT2D eigenvalue weighted by molar-refractivity contribution is 6.30. The van der Waals surface area contributed by atoms with Gasteiger partial charge in [0.05, 0.1) is 31.0 Å². The van der Waals surface area contributed by atoms with Crippen molar-refractivity contribution in [1.82, 2.24) is 14.9 Å². The monoisotopic (exact) mass is 411 g/mol. The van der Waals surface area contributed by atoms with E-state index < -0.39 is 0 Å². The van der Waals surface area contributed by atoms with Crippen LogP contribution in [-0.2, 0) is 16.0 Å². The fraction of sp³-hybridized carbons (Fsp3) is 0.227. The zero-order valence-corrected chi connectivity index (χ0v) is 16.3. The number of amides is 1. The molecule has 3 aromatic rings. The first-order valence-electron chi connectivity index (χ1n) is 9.31. The van der Waals surface area contributed by atoms with Crippen LogP contribution in [0.1, 0.15) is 17.4 Å². The van der Waals surface area contributed by atoms with Gasteiger partial charge in [0.1, 0.15) is 11.9 Å². The van der Waals surface area contributed by atoms with Gasteiger partial charge >= 0.3 is 0 Å². The summed E-state index contributed by atoms with van der Waals surface area (Å²) in [4.78, 5) is 23.5. The third-order valence-electron chi connectivity index (χ3n) is 4.82. The second kappa shape index (κ2) is 8.68. The molecule has 5 nitrogen and oxygen atoms in total. The van der Waals surface area contributed by atoms with E-state index >= 15 is 0 Å². The van der Waals surface area contributed by atoms with E-state index in [0.717, 1.165) is 11.1 Å². The van der Waals surface area contributed by atoms with Crippen molar-refractivity contribution < 1.29 is 13.9 Å². The molecule has 148 valence electrons. The summed E-state index contributed by atoms with van der Waals surface area (Å²) in [7, 11) is 0. The molecule has 0 aliphatic carbocycles. The van der Waals surface area contributed by atoms with Gasteiger partial charge in [-0.2, -0.15) is 0 Å². The van der Waals surface area contributed by atoms with Crippen LogP contribution in [0.5, 0.6) is 0 Å². The lowest BCUT2D eigenvalue weighted by Gasteiger charge is -2.33. The number of hydrogen-bond acceptors (Lipinski definition) is 4.